The number of para-hydroxylation sites is 1. The Hall–Kier alpha value is -3.50. The van der Waals surface area contributed by atoms with E-state index in [0.717, 1.165) is 31.8 Å². The number of nitrogens with one attached hydrogen (secondary N) is 1. The zero-order valence-corrected chi connectivity index (χ0v) is 23.1. The predicted molar refractivity (Wildman–Crippen MR) is 145 cm³/mol. The lowest BCUT2D eigenvalue weighted by Crippen LogP contribution is -2.28. The van der Waals surface area contributed by atoms with Crippen LogP contribution in [0.3, 0.4) is 0 Å². The number of allylic oxidation sites excluding steroid dienone is 3. The second-order valence-electron chi connectivity index (χ2n) is 8.80. The van der Waals surface area contributed by atoms with E-state index in [4.69, 9.17) is 4.74 Å². The van der Waals surface area contributed by atoms with Crippen molar-refractivity contribution in [3.05, 3.63) is 64.8 Å². The number of ether oxygens (including phenoxy) is 2. The van der Waals surface area contributed by atoms with Crippen LogP contribution < -0.4 is 10.1 Å². The number of rotatable bonds is 15. The number of amides is 1. The van der Waals surface area contributed by atoms with E-state index in [1.807, 2.05) is 6.07 Å². The number of hydrogen-bond donors (Lipinski definition) is 1. The molecule has 1 aliphatic carbocycles. The van der Waals surface area contributed by atoms with Crippen molar-refractivity contribution in [3.63, 3.8) is 0 Å². The molecule has 1 unspecified atom stereocenters. The average molecular weight is 557 g/mol. The average Bonchev–Trinajstić information content (AvgIpc) is 3.44. The summed E-state index contributed by atoms with van der Waals surface area (Å²) < 4.78 is 36.8. The summed E-state index contributed by atoms with van der Waals surface area (Å²) in [4.78, 5) is 34.3. The standard InChI is InChI=1S/C15H18F2O.C7H14.C6H10N2O6/c16-15(17,11-10-13-6-4-5-7-13)12-18-14-8-2-1-3-9-14;1-3-5-7-6-4-2;1-5(3-13-8(11)12)14-6(10)2-7-4-9/h1-3,8-11,13H,4-7,12H2;3,5H,4,6-7H2,1-2H3;4-5H,2-3H2,1H3,(H,7,9)/b11-10+;5-3-;. The Morgan fingerprint density at radius 3 is 2.49 bits per heavy atom. The first-order valence-electron chi connectivity index (χ1n) is 13.1. The lowest BCUT2D eigenvalue weighted by Gasteiger charge is -2.14. The number of carbonyl (C=O) groups excluding carboxylic acids is 2. The highest BCUT2D eigenvalue weighted by molar-refractivity contribution is 5.74. The number of carbonyl (C=O) groups is 2. The Labute approximate surface area is 229 Å². The van der Waals surface area contributed by atoms with Crippen molar-refractivity contribution in [2.24, 2.45) is 5.92 Å². The maximum absolute atomic E-state index is 13.6. The first-order chi connectivity index (χ1) is 18.6. The van der Waals surface area contributed by atoms with Gasteiger partial charge in [0.15, 0.2) is 6.61 Å². The molecule has 220 valence electrons. The van der Waals surface area contributed by atoms with Crippen molar-refractivity contribution in [2.45, 2.75) is 77.7 Å². The van der Waals surface area contributed by atoms with Gasteiger partial charge in [-0.3, -0.25) is 9.59 Å². The second-order valence-corrected chi connectivity index (χ2v) is 8.80. The highest BCUT2D eigenvalue weighted by Gasteiger charge is 2.27. The van der Waals surface area contributed by atoms with E-state index >= 15 is 0 Å². The zero-order valence-electron chi connectivity index (χ0n) is 23.1. The fourth-order valence-corrected chi connectivity index (χ4v) is 3.25. The third kappa shape index (κ3) is 22.2. The van der Waals surface area contributed by atoms with E-state index in [1.54, 1.807) is 30.3 Å². The molecule has 0 heterocycles. The van der Waals surface area contributed by atoms with Crippen LogP contribution in [0.25, 0.3) is 0 Å². The van der Waals surface area contributed by atoms with Gasteiger partial charge in [0.1, 0.15) is 25.0 Å². The molecule has 1 fully saturated rings. The van der Waals surface area contributed by atoms with Crippen LogP contribution in [-0.2, 0) is 19.2 Å². The third-order valence-electron chi connectivity index (χ3n) is 5.22. The Balaban J connectivity index is 0.000000613. The minimum Gasteiger partial charge on any atom is -0.487 e. The first-order valence-corrected chi connectivity index (χ1v) is 13.1. The molecule has 1 aromatic rings. The highest BCUT2D eigenvalue weighted by atomic mass is 19.3. The molecular formula is C28H42F2N2O7. The van der Waals surface area contributed by atoms with Gasteiger partial charge >= 0.3 is 5.97 Å². The normalized spacial score (nSPS) is 14.0. The van der Waals surface area contributed by atoms with Crippen LogP contribution in [0.4, 0.5) is 8.78 Å². The van der Waals surface area contributed by atoms with Gasteiger partial charge in [-0.15, -0.1) is 10.1 Å². The van der Waals surface area contributed by atoms with E-state index in [1.165, 1.54) is 26.2 Å². The Kier molecular flexibility index (Phi) is 20.5. The largest absolute Gasteiger partial charge is 0.487 e. The van der Waals surface area contributed by atoms with Gasteiger partial charge in [0.25, 0.3) is 11.0 Å². The van der Waals surface area contributed by atoms with Gasteiger partial charge in [0.05, 0.1) is 0 Å². The summed E-state index contributed by atoms with van der Waals surface area (Å²) in [6.07, 6.45) is 14.9. The molecule has 1 aromatic carbocycles. The van der Waals surface area contributed by atoms with Crippen LogP contribution in [0, 0.1) is 16.0 Å². The van der Waals surface area contributed by atoms with Gasteiger partial charge in [-0.25, -0.2) is 0 Å². The quantitative estimate of drug-likeness (QED) is 0.0696. The number of nitrogens with zero attached hydrogens (tertiary/aromatic N) is 1. The van der Waals surface area contributed by atoms with Crippen molar-refractivity contribution in [2.75, 3.05) is 19.8 Å². The summed E-state index contributed by atoms with van der Waals surface area (Å²) in [6, 6.07) is 8.71. The van der Waals surface area contributed by atoms with Crippen molar-refractivity contribution in [1.82, 2.24) is 5.32 Å². The number of unbranched alkanes of at least 4 members (excludes halogenated alkanes) is 2. The van der Waals surface area contributed by atoms with Crippen molar-refractivity contribution >= 4 is 12.4 Å². The van der Waals surface area contributed by atoms with Gasteiger partial charge in [-0.05, 0) is 57.2 Å². The molecule has 9 nitrogen and oxygen atoms in total. The number of halogens is 2. The second kappa shape index (κ2) is 22.5. The van der Waals surface area contributed by atoms with Gasteiger partial charge in [0, 0.05) is 0 Å². The number of alkyl halides is 2. The van der Waals surface area contributed by atoms with Crippen LogP contribution >= 0.6 is 0 Å². The maximum atomic E-state index is 13.6. The van der Waals surface area contributed by atoms with Crippen LogP contribution in [-0.4, -0.2) is 49.3 Å². The summed E-state index contributed by atoms with van der Waals surface area (Å²) >= 11 is 0. The molecule has 0 spiro atoms. The topological polar surface area (TPSA) is 117 Å². The third-order valence-corrected chi connectivity index (χ3v) is 5.22. The van der Waals surface area contributed by atoms with Gasteiger partial charge in [-0.2, -0.15) is 8.78 Å². The van der Waals surface area contributed by atoms with Gasteiger partial charge < -0.3 is 19.6 Å². The summed E-state index contributed by atoms with van der Waals surface area (Å²) in [5.41, 5.74) is 0. The lowest BCUT2D eigenvalue weighted by atomic mass is 10.1. The molecule has 39 heavy (non-hydrogen) atoms. The summed E-state index contributed by atoms with van der Waals surface area (Å²) in [5, 5.41) is 10.9. The molecule has 1 saturated carbocycles. The fourth-order valence-electron chi connectivity index (χ4n) is 3.25. The molecule has 2 rings (SSSR count). The monoisotopic (exact) mass is 556 g/mol. The molecule has 0 aromatic heterocycles. The van der Waals surface area contributed by atoms with Crippen molar-refractivity contribution in [1.29, 1.82) is 0 Å². The molecule has 1 atom stereocenters. The highest BCUT2D eigenvalue weighted by Crippen LogP contribution is 2.27. The van der Waals surface area contributed by atoms with Crippen molar-refractivity contribution < 1.29 is 37.8 Å². The maximum Gasteiger partial charge on any atom is 0.325 e. The molecule has 1 aliphatic rings. The Bertz CT molecular complexity index is 846. The number of esters is 1. The van der Waals surface area contributed by atoms with E-state index in [0.29, 0.717) is 18.1 Å². The molecule has 0 radical (unpaired) electrons. The Morgan fingerprint density at radius 2 is 1.92 bits per heavy atom. The zero-order chi connectivity index (χ0) is 29.4. The summed E-state index contributed by atoms with van der Waals surface area (Å²) in [5.74, 6) is -2.77. The summed E-state index contributed by atoms with van der Waals surface area (Å²) in [6.45, 7) is 4.51. The fraction of sp³-hybridized carbons (Fsp3) is 0.571. The Morgan fingerprint density at radius 1 is 1.26 bits per heavy atom. The molecule has 0 saturated heterocycles. The van der Waals surface area contributed by atoms with Gasteiger partial charge in [0.2, 0.25) is 6.41 Å². The molecule has 1 amide bonds. The summed E-state index contributed by atoms with van der Waals surface area (Å²) in [7, 11) is 0. The van der Waals surface area contributed by atoms with E-state index in [2.05, 4.69) is 40.9 Å². The van der Waals surface area contributed by atoms with E-state index < -0.39 is 29.7 Å². The van der Waals surface area contributed by atoms with E-state index in [9.17, 15) is 28.5 Å². The first kappa shape index (κ1) is 35.5. The van der Waals surface area contributed by atoms with Gasteiger partial charge in [-0.1, -0.05) is 69.0 Å². The smallest absolute Gasteiger partial charge is 0.325 e. The van der Waals surface area contributed by atoms with Crippen LogP contribution in [0.15, 0.2) is 54.6 Å². The number of hydrogen-bond acceptors (Lipinski definition) is 7. The minimum atomic E-state index is -2.89. The lowest BCUT2D eigenvalue weighted by molar-refractivity contribution is -0.759. The van der Waals surface area contributed by atoms with Crippen molar-refractivity contribution in [3.8, 4) is 5.75 Å². The minimum absolute atomic E-state index is 0.272. The molecule has 0 bridgehead atoms. The molecular weight excluding hydrogens is 514 g/mol. The molecule has 1 N–H and O–H groups in total. The van der Waals surface area contributed by atoms with Crippen LogP contribution in [0.1, 0.15) is 65.7 Å². The number of benzene rings is 1. The van der Waals surface area contributed by atoms with E-state index in [-0.39, 0.29) is 13.2 Å². The predicted octanol–water partition coefficient (Wildman–Crippen LogP) is 6.07. The van der Waals surface area contributed by atoms with Crippen LogP contribution in [0.5, 0.6) is 5.75 Å². The SMILES string of the molecule is C/C=C\CCCC.CC(CO[N+](=O)[O-])OC(=O)CNC=O.FC(F)(/C=C/C1CCCC1)COc1ccccc1. The molecule has 11 heteroatoms. The van der Waals surface area contributed by atoms with Crippen LogP contribution in [0.2, 0.25) is 0 Å². The molecule has 0 aliphatic heterocycles.